The fourth-order valence-electron chi connectivity index (χ4n) is 0.966. The SMILES string of the molecule is CCC(CC)=NNC(=O)CC(C)C. The van der Waals surface area contributed by atoms with Gasteiger partial charge in [0.25, 0.3) is 0 Å². The maximum atomic E-state index is 11.2. The molecule has 3 nitrogen and oxygen atoms in total. The minimum atomic E-state index is 0.00870. The Morgan fingerprint density at radius 3 is 2.23 bits per heavy atom. The third kappa shape index (κ3) is 6.31. The Bertz CT molecular complexity index is 179. The number of hydrazone groups is 1. The average molecular weight is 184 g/mol. The Balaban J connectivity index is 3.85. The summed E-state index contributed by atoms with van der Waals surface area (Å²) in [5, 5.41) is 4.03. The zero-order chi connectivity index (χ0) is 10.3. The number of hydrogen-bond donors (Lipinski definition) is 1. The minimum Gasteiger partial charge on any atom is -0.273 e. The molecule has 0 aliphatic carbocycles. The molecule has 0 aliphatic heterocycles. The van der Waals surface area contributed by atoms with Gasteiger partial charge in [0.15, 0.2) is 0 Å². The first kappa shape index (κ1) is 12.1. The third-order valence-electron chi connectivity index (χ3n) is 1.75. The van der Waals surface area contributed by atoms with Crippen LogP contribution < -0.4 is 5.43 Å². The molecular formula is C10H20N2O. The number of rotatable bonds is 5. The number of amides is 1. The lowest BCUT2D eigenvalue weighted by Gasteiger charge is -2.04. The van der Waals surface area contributed by atoms with E-state index in [0.717, 1.165) is 18.6 Å². The maximum Gasteiger partial charge on any atom is 0.240 e. The van der Waals surface area contributed by atoms with Crippen molar-refractivity contribution >= 4 is 11.6 Å². The standard InChI is InChI=1S/C10H20N2O/c1-5-9(6-2)11-12-10(13)7-8(3)4/h8H,5-7H2,1-4H3,(H,12,13). The fraction of sp³-hybridized carbons (Fsp3) is 0.800. The van der Waals surface area contributed by atoms with Gasteiger partial charge in [0.05, 0.1) is 0 Å². The molecular weight excluding hydrogens is 164 g/mol. The highest BCUT2D eigenvalue weighted by atomic mass is 16.2. The van der Waals surface area contributed by atoms with Crippen molar-refractivity contribution in [3.8, 4) is 0 Å². The Labute approximate surface area is 80.6 Å². The van der Waals surface area contributed by atoms with E-state index in [-0.39, 0.29) is 5.91 Å². The molecule has 0 saturated carbocycles. The minimum absolute atomic E-state index is 0.00870. The summed E-state index contributed by atoms with van der Waals surface area (Å²) in [6.45, 7) is 8.11. The van der Waals surface area contributed by atoms with Gasteiger partial charge < -0.3 is 0 Å². The summed E-state index contributed by atoms with van der Waals surface area (Å²) in [5.74, 6) is 0.399. The van der Waals surface area contributed by atoms with Crippen LogP contribution in [-0.2, 0) is 4.79 Å². The van der Waals surface area contributed by atoms with Crippen molar-refractivity contribution in [3.63, 3.8) is 0 Å². The van der Waals surface area contributed by atoms with E-state index >= 15 is 0 Å². The van der Waals surface area contributed by atoms with Gasteiger partial charge in [-0.25, -0.2) is 5.43 Å². The van der Waals surface area contributed by atoms with Crippen LogP contribution in [-0.4, -0.2) is 11.6 Å². The van der Waals surface area contributed by atoms with E-state index < -0.39 is 0 Å². The van der Waals surface area contributed by atoms with Gasteiger partial charge in [-0.05, 0) is 18.8 Å². The van der Waals surface area contributed by atoms with Gasteiger partial charge in [-0.1, -0.05) is 27.7 Å². The van der Waals surface area contributed by atoms with Crippen molar-refractivity contribution in [2.75, 3.05) is 0 Å². The first-order valence-corrected chi connectivity index (χ1v) is 4.94. The van der Waals surface area contributed by atoms with E-state index in [1.165, 1.54) is 0 Å². The first-order chi connectivity index (χ1) is 6.10. The van der Waals surface area contributed by atoms with Crippen LogP contribution in [0.1, 0.15) is 47.0 Å². The molecule has 0 rings (SSSR count). The number of nitrogens with one attached hydrogen (secondary N) is 1. The van der Waals surface area contributed by atoms with Crippen LogP contribution in [0, 0.1) is 5.92 Å². The van der Waals surface area contributed by atoms with E-state index in [0.29, 0.717) is 12.3 Å². The Hall–Kier alpha value is -0.860. The highest BCUT2D eigenvalue weighted by molar-refractivity contribution is 5.85. The smallest absolute Gasteiger partial charge is 0.240 e. The molecule has 76 valence electrons. The molecule has 0 radical (unpaired) electrons. The molecule has 0 aromatic heterocycles. The molecule has 0 saturated heterocycles. The van der Waals surface area contributed by atoms with E-state index in [4.69, 9.17) is 0 Å². The summed E-state index contributed by atoms with van der Waals surface area (Å²) in [7, 11) is 0. The molecule has 1 amide bonds. The molecule has 3 heteroatoms. The molecule has 0 heterocycles. The predicted octanol–water partition coefficient (Wildman–Crippen LogP) is 2.32. The third-order valence-corrected chi connectivity index (χ3v) is 1.75. The number of carbonyl (C=O) groups excluding carboxylic acids is 1. The summed E-state index contributed by atoms with van der Waals surface area (Å²) in [4.78, 5) is 11.2. The summed E-state index contributed by atoms with van der Waals surface area (Å²) < 4.78 is 0. The lowest BCUT2D eigenvalue weighted by molar-refractivity contribution is -0.121. The molecule has 0 aromatic rings. The quantitative estimate of drug-likeness (QED) is 0.517. The Kier molecular flexibility index (Phi) is 6.20. The second kappa shape index (κ2) is 6.63. The molecule has 0 aromatic carbocycles. The van der Waals surface area contributed by atoms with Crippen molar-refractivity contribution in [3.05, 3.63) is 0 Å². The van der Waals surface area contributed by atoms with Crippen molar-refractivity contribution in [2.24, 2.45) is 11.0 Å². The molecule has 13 heavy (non-hydrogen) atoms. The highest BCUT2D eigenvalue weighted by Gasteiger charge is 2.02. The first-order valence-electron chi connectivity index (χ1n) is 4.94. The monoisotopic (exact) mass is 184 g/mol. The zero-order valence-electron chi connectivity index (χ0n) is 9.05. The second-order valence-corrected chi connectivity index (χ2v) is 3.52. The summed E-state index contributed by atoms with van der Waals surface area (Å²) >= 11 is 0. The number of hydrogen-bond acceptors (Lipinski definition) is 2. The van der Waals surface area contributed by atoms with Gasteiger partial charge in [-0.2, -0.15) is 5.10 Å². The van der Waals surface area contributed by atoms with Gasteiger partial charge in [0, 0.05) is 12.1 Å². The molecule has 0 aliphatic rings. The van der Waals surface area contributed by atoms with Crippen LogP contribution >= 0.6 is 0 Å². The molecule has 0 unspecified atom stereocenters. The van der Waals surface area contributed by atoms with Crippen molar-refractivity contribution < 1.29 is 4.79 Å². The van der Waals surface area contributed by atoms with Crippen molar-refractivity contribution in [1.82, 2.24) is 5.43 Å². The molecule has 1 N–H and O–H groups in total. The number of nitrogens with zero attached hydrogens (tertiary/aromatic N) is 1. The van der Waals surface area contributed by atoms with E-state index in [1.54, 1.807) is 0 Å². The summed E-state index contributed by atoms with van der Waals surface area (Å²) in [6, 6.07) is 0. The topological polar surface area (TPSA) is 41.5 Å². The van der Waals surface area contributed by atoms with E-state index in [9.17, 15) is 4.79 Å². The average Bonchev–Trinajstić information content (AvgIpc) is 2.05. The van der Waals surface area contributed by atoms with Crippen molar-refractivity contribution in [1.29, 1.82) is 0 Å². The van der Waals surface area contributed by atoms with Crippen LogP contribution in [0.3, 0.4) is 0 Å². The molecule has 0 bridgehead atoms. The van der Waals surface area contributed by atoms with Gasteiger partial charge >= 0.3 is 0 Å². The fourth-order valence-corrected chi connectivity index (χ4v) is 0.966. The molecule has 0 spiro atoms. The van der Waals surface area contributed by atoms with Crippen LogP contribution in [0.25, 0.3) is 0 Å². The van der Waals surface area contributed by atoms with Crippen LogP contribution in [0.15, 0.2) is 5.10 Å². The number of carbonyl (C=O) groups is 1. The summed E-state index contributed by atoms with van der Waals surface area (Å²) in [6.07, 6.45) is 2.35. The zero-order valence-corrected chi connectivity index (χ0v) is 9.05. The second-order valence-electron chi connectivity index (χ2n) is 3.52. The largest absolute Gasteiger partial charge is 0.273 e. The summed E-state index contributed by atoms with van der Waals surface area (Å²) in [5.41, 5.74) is 3.60. The highest BCUT2D eigenvalue weighted by Crippen LogP contribution is 1.98. The molecule has 0 fully saturated rings. The Morgan fingerprint density at radius 1 is 1.31 bits per heavy atom. The van der Waals surface area contributed by atoms with Gasteiger partial charge in [0.1, 0.15) is 0 Å². The van der Waals surface area contributed by atoms with Crippen LogP contribution in [0.5, 0.6) is 0 Å². The lowest BCUT2D eigenvalue weighted by atomic mass is 10.1. The van der Waals surface area contributed by atoms with Gasteiger partial charge in [-0.15, -0.1) is 0 Å². The van der Waals surface area contributed by atoms with Crippen LogP contribution in [0.4, 0.5) is 0 Å². The maximum absolute atomic E-state index is 11.2. The van der Waals surface area contributed by atoms with Crippen LogP contribution in [0.2, 0.25) is 0 Å². The predicted molar refractivity (Wildman–Crippen MR) is 55.6 cm³/mol. The Morgan fingerprint density at radius 2 is 1.85 bits per heavy atom. The molecule has 0 atom stereocenters. The normalized spacial score (nSPS) is 9.92. The van der Waals surface area contributed by atoms with Gasteiger partial charge in [-0.3, -0.25) is 4.79 Å². The lowest BCUT2D eigenvalue weighted by Crippen LogP contribution is -2.20. The van der Waals surface area contributed by atoms with E-state index in [1.807, 2.05) is 27.7 Å². The van der Waals surface area contributed by atoms with Gasteiger partial charge in [0.2, 0.25) is 5.91 Å². The van der Waals surface area contributed by atoms with Crippen molar-refractivity contribution in [2.45, 2.75) is 47.0 Å². The van der Waals surface area contributed by atoms with E-state index in [2.05, 4.69) is 10.5 Å².